The monoisotopic (exact) mass is 265 g/mol. The minimum atomic E-state index is 0.856. The lowest BCUT2D eigenvalue weighted by Gasteiger charge is -2.14. The van der Waals surface area contributed by atoms with Crippen molar-refractivity contribution in [2.45, 2.75) is 45.2 Å². The SMILES string of the molecule is CCc1nc(CNCC2CCN(C3CC3)C2)cs1. The van der Waals surface area contributed by atoms with E-state index in [0.29, 0.717) is 0 Å². The van der Waals surface area contributed by atoms with Gasteiger partial charge in [-0.3, -0.25) is 0 Å². The van der Waals surface area contributed by atoms with E-state index in [4.69, 9.17) is 0 Å². The Morgan fingerprint density at radius 1 is 1.44 bits per heavy atom. The lowest BCUT2D eigenvalue weighted by atomic mass is 10.1. The fraction of sp³-hybridized carbons (Fsp3) is 0.786. The third kappa shape index (κ3) is 3.11. The fourth-order valence-electron chi connectivity index (χ4n) is 2.80. The van der Waals surface area contributed by atoms with E-state index >= 15 is 0 Å². The molecule has 1 atom stereocenters. The van der Waals surface area contributed by atoms with E-state index < -0.39 is 0 Å². The van der Waals surface area contributed by atoms with E-state index in [1.807, 2.05) is 0 Å². The lowest BCUT2D eigenvalue weighted by molar-refractivity contribution is 0.311. The van der Waals surface area contributed by atoms with E-state index in [-0.39, 0.29) is 0 Å². The summed E-state index contributed by atoms with van der Waals surface area (Å²) in [6, 6.07) is 0.945. The Balaban J connectivity index is 1.37. The Morgan fingerprint density at radius 2 is 2.33 bits per heavy atom. The molecule has 0 radical (unpaired) electrons. The van der Waals surface area contributed by atoms with Crippen molar-refractivity contribution in [2.75, 3.05) is 19.6 Å². The lowest BCUT2D eigenvalue weighted by Crippen LogP contribution is -2.27. The third-order valence-electron chi connectivity index (χ3n) is 4.02. The summed E-state index contributed by atoms with van der Waals surface area (Å²) in [4.78, 5) is 7.28. The van der Waals surface area contributed by atoms with Crippen LogP contribution in [0.5, 0.6) is 0 Å². The van der Waals surface area contributed by atoms with Crippen LogP contribution in [0.25, 0.3) is 0 Å². The summed E-state index contributed by atoms with van der Waals surface area (Å²) in [5.41, 5.74) is 1.22. The van der Waals surface area contributed by atoms with E-state index in [9.17, 15) is 0 Å². The molecule has 1 saturated carbocycles. The van der Waals surface area contributed by atoms with Crippen molar-refractivity contribution >= 4 is 11.3 Å². The number of rotatable bonds is 6. The summed E-state index contributed by atoms with van der Waals surface area (Å²) in [7, 11) is 0. The first-order valence-corrected chi connectivity index (χ1v) is 8.11. The molecule has 2 heterocycles. The molecular formula is C14H23N3S. The summed E-state index contributed by atoms with van der Waals surface area (Å²) >= 11 is 1.79. The van der Waals surface area contributed by atoms with Crippen LogP contribution in [0.4, 0.5) is 0 Å². The zero-order valence-corrected chi connectivity index (χ0v) is 12.0. The molecule has 0 amide bonds. The molecule has 18 heavy (non-hydrogen) atoms. The number of likely N-dealkylation sites (tertiary alicyclic amines) is 1. The molecule has 1 aliphatic heterocycles. The number of hydrogen-bond donors (Lipinski definition) is 1. The fourth-order valence-corrected chi connectivity index (χ4v) is 3.54. The van der Waals surface area contributed by atoms with Crippen molar-refractivity contribution in [3.8, 4) is 0 Å². The Kier molecular flexibility index (Phi) is 3.97. The summed E-state index contributed by atoms with van der Waals surface area (Å²) in [5.74, 6) is 0.856. The molecule has 1 aromatic rings. The van der Waals surface area contributed by atoms with Gasteiger partial charge in [-0.1, -0.05) is 6.92 Å². The molecule has 1 saturated heterocycles. The van der Waals surface area contributed by atoms with E-state index in [2.05, 4.69) is 27.5 Å². The molecule has 2 fully saturated rings. The molecule has 100 valence electrons. The van der Waals surface area contributed by atoms with Crippen LogP contribution in [-0.4, -0.2) is 35.6 Å². The zero-order chi connectivity index (χ0) is 12.4. The zero-order valence-electron chi connectivity index (χ0n) is 11.2. The minimum Gasteiger partial charge on any atom is -0.311 e. The first kappa shape index (κ1) is 12.6. The highest BCUT2D eigenvalue weighted by Gasteiger charge is 2.33. The Labute approximate surface area is 114 Å². The van der Waals surface area contributed by atoms with Crippen molar-refractivity contribution in [2.24, 2.45) is 5.92 Å². The molecule has 1 aliphatic carbocycles. The topological polar surface area (TPSA) is 28.2 Å². The van der Waals surface area contributed by atoms with E-state index in [1.54, 1.807) is 11.3 Å². The van der Waals surface area contributed by atoms with Gasteiger partial charge < -0.3 is 10.2 Å². The van der Waals surface area contributed by atoms with Gasteiger partial charge in [0.1, 0.15) is 0 Å². The van der Waals surface area contributed by atoms with Crippen molar-refractivity contribution in [1.82, 2.24) is 15.2 Å². The molecular weight excluding hydrogens is 242 g/mol. The summed E-state index contributed by atoms with van der Waals surface area (Å²) in [5, 5.41) is 7.03. The van der Waals surface area contributed by atoms with Crippen LogP contribution in [0.15, 0.2) is 5.38 Å². The Hall–Kier alpha value is -0.450. The van der Waals surface area contributed by atoms with Crippen LogP contribution in [0, 0.1) is 5.92 Å². The summed E-state index contributed by atoms with van der Waals surface area (Å²) in [6.07, 6.45) is 5.32. The smallest absolute Gasteiger partial charge is 0.0926 e. The van der Waals surface area contributed by atoms with Gasteiger partial charge in [-0.15, -0.1) is 11.3 Å². The summed E-state index contributed by atoms with van der Waals surface area (Å²) in [6.45, 7) is 6.91. The average molecular weight is 265 g/mol. The summed E-state index contributed by atoms with van der Waals surface area (Å²) < 4.78 is 0. The first-order valence-electron chi connectivity index (χ1n) is 7.23. The Morgan fingerprint density at radius 3 is 3.06 bits per heavy atom. The van der Waals surface area contributed by atoms with Crippen LogP contribution >= 0.6 is 11.3 Å². The highest BCUT2D eigenvalue weighted by atomic mass is 32.1. The van der Waals surface area contributed by atoms with Crippen molar-refractivity contribution in [1.29, 1.82) is 0 Å². The van der Waals surface area contributed by atoms with E-state index in [0.717, 1.165) is 31.5 Å². The van der Waals surface area contributed by atoms with Crippen LogP contribution < -0.4 is 5.32 Å². The van der Waals surface area contributed by atoms with Gasteiger partial charge in [-0.05, 0) is 44.7 Å². The molecule has 1 unspecified atom stereocenters. The normalized spacial score (nSPS) is 24.8. The molecule has 2 aliphatic rings. The van der Waals surface area contributed by atoms with E-state index in [1.165, 1.54) is 43.1 Å². The van der Waals surface area contributed by atoms with Gasteiger partial charge in [0.15, 0.2) is 0 Å². The molecule has 0 spiro atoms. The van der Waals surface area contributed by atoms with Crippen LogP contribution in [-0.2, 0) is 13.0 Å². The molecule has 1 N–H and O–H groups in total. The standard InChI is InChI=1S/C14H23N3S/c1-2-14-16-12(10-18-14)8-15-7-11-5-6-17(9-11)13-3-4-13/h10-11,13,15H,2-9H2,1H3. The van der Waals surface area contributed by atoms with Gasteiger partial charge in [0.25, 0.3) is 0 Å². The minimum absolute atomic E-state index is 0.856. The number of thiazole rings is 1. The third-order valence-corrected chi connectivity index (χ3v) is 5.06. The molecule has 3 nitrogen and oxygen atoms in total. The van der Waals surface area contributed by atoms with Gasteiger partial charge in [-0.2, -0.15) is 0 Å². The van der Waals surface area contributed by atoms with Crippen molar-refractivity contribution in [3.63, 3.8) is 0 Å². The second-order valence-corrected chi connectivity index (χ2v) is 6.54. The second kappa shape index (κ2) is 5.68. The van der Waals surface area contributed by atoms with Crippen LogP contribution in [0.1, 0.15) is 36.9 Å². The number of aromatic nitrogens is 1. The second-order valence-electron chi connectivity index (χ2n) is 5.60. The quantitative estimate of drug-likeness (QED) is 0.855. The van der Waals surface area contributed by atoms with Gasteiger partial charge in [-0.25, -0.2) is 4.98 Å². The number of aryl methyl sites for hydroxylation is 1. The Bertz CT molecular complexity index is 386. The van der Waals surface area contributed by atoms with Gasteiger partial charge >= 0.3 is 0 Å². The molecule has 4 heteroatoms. The predicted octanol–water partition coefficient (Wildman–Crippen LogP) is 2.28. The number of nitrogens with one attached hydrogen (secondary N) is 1. The molecule has 3 rings (SSSR count). The highest BCUT2D eigenvalue weighted by molar-refractivity contribution is 7.09. The van der Waals surface area contributed by atoms with Gasteiger partial charge in [0.05, 0.1) is 10.7 Å². The van der Waals surface area contributed by atoms with Crippen molar-refractivity contribution < 1.29 is 0 Å². The average Bonchev–Trinajstić information content (AvgIpc) is 2.96. The maximum Gasteiger partial charge on any atom is 0.0926 e. The van der Waals surface area contributed by atoms with Crippen LogP contribution in [0.2, 0.25) is 0 Å². The van der Waals surface area contributed by atoms with Gasteiger partial charge in [0.2, 0.25) is 0 Å². The maximum atomic E-state index is 4.59. The van der Waals surface area contributed by atoms with Crippen molar-refractivity contribution in [3.05, 3.63) is 16.1 Å². The molecule has 0 aromatic carbocycles. The molecule has 0 bridgehead atoms. The first-order chi connectivity index (χ1) is 8.85. The predicted molar refractivity (Wildman–Crippen MR) is 75.9 cm³/mol. The molecule has 1 aromatic heterocycles. The maximum absolute atomic E-state index is 4.59. The van der Waals surface area contributed by atoms with Crippen LogP contribution in [0.3, 0.4) is 0 Å². The van der Waals surface area contributed by atoms with Gasteiger partial charge in [0, 0.05) is 24.5 Å². The number of hydrogen-bond acceptors (Lipinski definition) is 4. The number of nitrogens with zero attached hydrogens (tertiary/aromatic N) is 2. The highest BCUT2D eigenvalue weighted by Crippen LogP contribution is 2.31. The largest absolute Gasteiger partial charge is 0.311 e.